The summed E-state index contributed by atoms with van der Waals surface area (Å²) in [5.41, 5.74) is 6.29. The zero-order valence-electron chi connectivity index (χ0n) is 8.14. The molecule has 0 unspecified atom stereocenters. The van der Waals surface area contributed by atoms with E-state index in [0.717, 1.165) is 5.56 Å². The van der Waals surface area contributed by atoms with E-state index in [1.54, 1.807) is 12.1 Å². The van der Waals surface area contributed by atoms with Crippen LogP contribution in [-0.2, 0) is 0 Å². The van der Waals surface area contributed by atoms with Gasteiger partial charge in [-0.2, -0.15) is 0 Å². The molecule has 0 spiro atoms. The first kappa shape index (κ1) is 11.4. The van der Waals surface area contributed by atoms with Gasteiger partial charge < -0.3 is 11.1 Å². The summed E-state index contributed by atoms with van der Waals surface area (Å²) in [6.45, 7) is 1.88. The maximum atomic E-state index is 10.4. The molecular weight excluding hydrogens is 214 g/mol. The molecule has 6 heteroatoms. The summed E-state index contributed by atoms with van der Waals surface area (Å²) in [6.07, 6.45) is 0. The van der Waals surface area contributed by atoms with Crippen molar-refractivity contribution in [1.82, 2.24) is 5.32 Å². The Kier molecular flexibility index (Phi) is 3.56. The largest absolute Gasteiger partial charge is 0.376 e. The monoisotopic (exact) mass is 225 g/mol. The van der Waals surface area contributed by atoms with E-state index in [9.17, 15) is 10.1 Å². The number of nitro groups is 1. The van der Waals surface area contributed by atoms with Gasteiger partial charge in [-0.3, -0.25) is 10.1 Å². The normalized spacial score (nSPS) is 11.8. The number of non-ortho nitro benzene ring substituents is 1. The number of hydrogen-bond acceptors (Lipinski definition) is 3. The minimum Gasteiger partial charge on any atom is -0.376 e. The SMILES string of the molecule is C[C@@H](NC(N)=S)c1ccc([N+](=O)[O-])cc1. The van der Waals surface area contributed by atoms with Gasteiger partial charge in [0, 0.05) is 12.1 Å². The lowest BCUT2D eigenvalue weighted by atomic mass is 10.1. The summed E-state index contributed by atoms with van der Waals surface area (Å²) >= 11 is 4.70. The second kappa shape index (κ2) is 4.70. The van der Waals surface area contributed by atoms with Crippen molar-refractivity contribution in [3.05, 3.63) is 39.9 Å². The molecule has 1 aromatic rings. The first-order chi connectivity index (χ1) is 7.00. The van der Waals surface area contributed by atoms with E-state index in [2.05, 4.69) is 5.32 Å². The number of nitrogens with two attached hydrogens (primary N) is 1. The van der Waals surface area contributed by atoms with Gasteiger partial charge in [0.15, 0.2) is 5.11 Å². The minimum absolute atomic E-state index is 0.0525. The summed E-state index contributed by atoms with van der Waals surface area (Å²) in [7, 11) is 0. The van der Waals surface area contributed by atoms with E-state index in [0.29, 0.717) is 0 Å². The number of thiocarbonyl (C=S) groups is 1. The molecule has 0 saturated carbocycles. The fraction of sp³-hybridized carbons (Fsp3) is 0.222. The quantitative estimate of drug-likeness (QED) is 0.462. The van der Waals surface area contributed by atoms with E-state index in [1.165, 1.54) is 12.1 Å². The first-order valence-corrected chi connectivity index (χ1v) is 4.72. The molecular formula is C9H11N3O2S. The van der Waals surface area contributed by atoms with Crippen LogP contribution in [0.5, 0.6) is 0 Å². The minimum atomic E-state index is -0.435. The van der Waals surface area contributed by atoms with Crippen LogP contribution in [0.25, 0.3) is 0 Å². The number of nitro benzene ring substituents is 1. The van der Waals surface area contributed by atoms with Crippen LogP contribution in [-0.4, -0.2) is 10.0 Å². The third-order valence-corrected chi connectivity index (χ3v) is 2.08. The molecule has 80 valence electrons. The van der Waals surface area contributed by atoms with Crippen LogP contribution >= 0.6 is 12.2 Å². The average molecular weight is 225 g/mol. The maximum Gasteiger partial charge on any atom is 0.269 e. The molecule has 0 aliphatic carbocycles. The summed E-state index contributed by atoms with van der Waals surface area (Å²) in [5.74, 6) is 0. The Morgan fingerprint density at radius 2 is 2.07 bits per heavy atom. The van der Waals surface area contributed by atoms with Crippen LogP contribution in [0.2, 0.25) is 0 Å². The van der Waals surface area contributed by atoms with Crippen molar-refractivity contribution in [1.29, 1.82) is 0 Å². The van der Waals surface area contributed by atoms with Gasteiger partial charge in [-0.15, -0.1) is 0 Å². The van der Waals surface area contributed by atoms with Crippen LogP contribution in [0.3, 0.4) is 0 Å². The van der Waals surface area contributed by atoms with Crippen LogP contribution < -0.4 is 11.1 Å². The van der Waals surface area contributed by atoms with Crippen molar-refractivity contribution >= 4 is 23.0 Å². The molecule has 0 amide bonds. The van der Waals surface area contributed by atoms with Crippen LogP contribution in [0.15, 0.2) is 24.3 Å². The van der Waals surface area contributed by atoms with Crippen LogP contribution in [0, 0.1) is 10.1 Å². The van der Waals surface area contributed by atoms with Crippen molar-refractivity contribution in [2.75, 3.05) is 0 Å². The lowest BCUT2D eigenvalue weighted by Crippen LogP contribution is -2.31. The molecule has 0 bridgehead atoms. The molecule has 0 radical (unpaired) electrons. The smallest absolute Gasteiger partial charge is 0.269 e. The molecule has 0 aliphatic heterocycles. The molecule has 0 fully saturated rings. The Labute approximate surface area is 92.4 Å². The number of benzene rings is 1. The lowest BCUT2D eigenvalue weighted by Gasteiger charge is -2.13. The van der Waals surface area contributed by atoms with Gasteiger partial charge in [-0.05, 0) is 24.7 Å². The van der Waals surface area contributed by atoms with Crippen molar-refractivity contribution in [3.63, 3.8) is 0 Å². The number of hydrogen-bond donors (Lipinski definition) is 2. The third-order valence-electron chi connectivity index (χ3n) is 1.96. The van der Waals surface area contributed by atoms with Crippen molar-refractivity contribution in [2.24, 2.45) is 5.73 Å². The van der Waals surface area contributed by atoms with Gasteiger partial charge in [0.25, 0.3) is 5.69 Å². The van der Waals surface area contributed by atoms with Gasteiger partial charge in [0.1, 0.15) is 0 Å². The number of rotatable bonds is 3. The van der Waals surface area contributed by atoms with Gasteiger partial charge in [-0.25, -0.2) is 0 Å². The summed E-state index contributed by atoms with van der Waals surface area (Å²) in [4.78, 5) is 9.97. The van der Waals surface area contributed by atoms with E-state index in [1.807, 2.05) is 6.92 Å². The summed E-state index contributed by atoms with van der Waals surface area (Å²) < 4.78 is 0. The first-order valence-electron chi connectivity index (χ1n) is 4.31. The highest BCUT2D eigenvalue weighted by atomic mass is 32.1. The molecule has 5 nitrogen and oxygen atoms in total. The molecule has 3 N–H and O–H groups in total. The average Bonchev–Trinajstić information content (AvgIpc) is 2.17. The standard InChI is InChI=1S/C9H11N3O2S/c1-6(11-9(10)15)7-2-4-8(5-3-7)12(13)14/h2-6H,1H3,(H3,10,11,15)/t6-/m1/s1. The predicted molar refractivity (Wildman–Crippen MR) is 61.4 cm³/mol. The Balaban J connectivity index is 2.79. The molecule has 0 heterocycles. The van der Waals surface area contributed by atoms with Crippen molar-refractivity contribution in [2.45, 2.75) is 13.0 Å². The Bertz CT molecular complexity index is 377. The second-order valence-corrected chi connectivity index (χ2v) is 3.52. The number of nitrogens with one attached hydrogen (secondary N) is 1. The Morgan fingerprint density at radius 3 is 2.47 bits per heavy atom. The van der Waals surface area contributed by atoms with Gasteiger partial charge in [-0.1, -0.05) is 12.1 Å². The summed E-state index contributed by atoms with van der Waals surface area (Å²) in [5, 5.41) is 13.5. The van der Waals surface area contributed by atoms with Gasteiger partial charge >= 0.3 is 0 Å². The Hall–Kier alpha value is -1.69. The lowest BCUT2D eigenvalue weighted by molar-refractivity contribution is -0.384. The van der Waals surface area contributed by atoms with Crippen molar-refractivity contribution < 1.29 is 4.92 Å². The van der Waals surface area contributed by atoms with Crippen LogP contribution in [0.1, 0.15) is 18.5 Å². The highest BCUT2D eigenvalue weighted by molar-refractivity contribution is 7.80. The zero-order valence-corrected chi connectivity index (χ0v) is 8.95. The Morgan fingerprint density at radius 1 is 1.53 bits per heavy atom. The molecule has 15 heavy (non-hydrogen) atoms. The highest BCUT2D eigenvalue weighted by Gasteiger charge is 2.08. The highest BCUT2D eigenvalue weighted by Crippen LogP contribution is 2.17. The molecule has 1 atom stereocenters. The van der Waals surface area contributed by atoms with E-state index in [4.69, 9.17) is 18.0 Å². The van der Waals surface area contributed by atoms with Crippen LogP contribution in [0.4, 0.5) is 5.69 Å². The van der Waals surface area contributed by atoms with Gasteiger partial charge in [0.05, 0.1) is 11.0 Å². The predicted octanol–water partition coefficient (Wildman–Crippen LogP) is 1.49. The van der Waals surface area contributed by atoms with E-state index in [-0.39, 0.29) is 16.8 Å². The van der Waals surface area contributed by atoms with Crippen molar-refractivity contribution in [3.8, 4) is 0 Å². The maximum absolute atomic E-state index is 10.4. The molecule has 0 saturated heterocycles. The summed E-state index contributed by atoms with van der Waals surface area (Å²) in [6, 6.07) is 6.20. The fourth-order valence-electron chi connectivity index (χ4n) is 1.18. The fourth-order valence-corrected chi connectivity index (χ4v) is 1.36. The van der Waals surface area contributed by atoms with E-state index >= 15 is 0 Å². The number of nitrogens with zero attached hydrogens (tertiary/aromatic N) is 1. The topological polar surface area (TPSA) is 81.2 Å². The molecule has 1 aromatic carbocycles. The van der Waals surface area contributed by atoms with E-state index < -0.39 is 4.92 Å². The second-order valence-electron chi connectivity index (χ2n) is 3.08. The molecule has 0 aliphatic rings. The third kappa shape index (κ3) is 3.17. The molecule has 0 aromatic heterocycles. The van der Waals surface area contributed by atoms with Gasteiger partial charge in [0.2, 0.25) is 0 Å². The molecule has 1 rings (SSSR count). The zero-order chi connectivity index (χ0) is 11.4.